The van der Waals surface area contributed by atoms with Gasteiger partial charge in [-0.2, -0.15) is 0 Å². The first-order chi connectivity index (χ1) is 13.2. The van der Waals surface area contributed by atoms with E-state index in [2.05, 4.69) is 26.8 Å². The molecule has 0 N–H and O–H groups in total. The Hall–Kier alpha value is -2.36. The lowest BCUT2D eigenvalue weighted by Gasteiger charge is -2.32. The molecule has 0 fully saturated rings. The van der Waals surface area contributed by atoms with Crippen molar-refractivity contribution in [3.8, 4) is 0 Å². The molecule has 0 saturated heterocycles. The smallest absolute Gasteiger partial charge is 0.338 e. The second-order valence-electron chi connectivity index (χ2n) is 8.33. The quantitative estimate of drug-likeness (QED) is 0.500. The minimum Gasteiger partial charge on any atom is -0.458 e. The molecule has 0 heterocycles. The van der Waals surface area contributed by atoms with Crippen molar-refractivity contribution >= 4 is 11.9 Å². The largest absolute Gasteiger partial charge is 0.458 e. The van der Waals surface area contributed by atoms with E-state index in [-0.39, 0.29) is 23.5 Å². The number of ether oxygens (including phenoxy) is 2. The molecule has 0 amide bonds. The summed E-state index contributed by atoms with van der Waals surface area (Å²) in [5.74, 6) is -0.647. The van der Waals surface area contributed by atoms with Crippen molar-refractivity contribution in [2.75, 3.05) is 0 Å². The Morgan fingerprint density at radius 2 is 1.75 bits per heavy atom. The number of allylic oxidation sites excluding steroid dienone is 1. The third kappa shape index (κ3) is 6.36. The van der Waals surface area contributed by atoms with Crippen molar-refractivity contribution in [2.24, 2.45) is 5.41 Å². The lowest BCUT2D eigenvalue weighted by molar-refractivity contribution is -0.149. The first kappa shape index (κ1) is 21.9. The minimum absolute atomic E-state index is 0.203. The van der Waals surface area contributed by atoms with E-state index in [1.807, 2.05) is 31.2 Å². The van der Waals surface area contributed by atoms with E-state index in [1.165, 1.54) is 12.5 Å². The molecule has 0 bridgehead atoms. The summed E-state index contributed by atoms with van der Waals surface area (Å²) in [6.07, 6.45) is 6.91. The number of hydrogen-bond donors (Lipinski definition) is 0. The molecule has 152 valence electrons. The molecule has 0 saturated carbocycles. The van der Waals surface area contributed by atoms with Crippen LogP contribution in [0.15, 0.2) is 53.6 Å². The van der Waals surface area contributed by atoms with E-state index in [4.69, 9.17) is 9.47 Å². The minimum atomic E-state index is -0.394. The van der Waals surface area contributed by atoms with Gasteiger partial charge in [-0.05, 0) is 56.9 Å². The SMILES string of the molecule is CC(=O)OC1C=C(C)C(OC(=O)c2ccccc2)CC=C(C)CCCC1(C)C. The van der Waals surface area contributed by atoms with Crippen LogP contribution in [-0.4, -0.2) is 24.1 Å². The van der Waals surface area contributed by atoms with Gasteiger partial charge in [0.05, 0.1) is 5.56 Å². The first-order valence-corrected chi connectivity index (χ1v) is 9.96. The third-order valence-corrected chi connectivity index (χ3v) is 5.32. The highest BCUT2D eigenvalue weighted by Crippen LogP contribution is 2.34. The Bertz CT molecular complexity index is 743. The monoisotopic (exact) mass is 384 g/mol. The van der Waals surface area contributed by atoms with Crippen molar-refractivity contribution in [3.63, 3.8) is 0 Å². The summed E-state index contributed by atoms with van der Waals surface area (Å²) in [6, 6.07) is 9.00. The predicted molar refractivity (Wildman–Crippen MR) is 111 cm³/mol. The van der Waals surface area contributed by atoms with Gasteiger partial charge in [0.25, 0.3) is 0 Å². The molecule has 2 atom stereocenters. The maximum atomic E-state index is 12.6. The summed E-state index contributed by atoms with van der Waals surface area (Å²) in [5.41, 5.74) is 2.51. The van der Waals surface area contributed by atoms with Crippen LogP contribution in [0.1, 0.15) is 70.7 Å². The molecule has 1 aliphatic carbocycles. The number of carbonyl (C=O) groups excluding carboxylic acids is 2. The molecule has 0 aliphatic heterocycles. The molecular formula is C24H32O4. The Morgan fingerprint density at radius 3 is 2.39 bits per heavy atom. The zero-order chi connectivity index (χ0) is 20.7. The summed E-state index contributed by atoms with van der Waals surface area (Å²) >= 11 is 0. The van der Waals surface area contributed by atoms with Crippen molar-refractivity contribution in [3.05, 3.63) is 59.2 Å². The van der Waals surface area contributed by atoms with E-state index >= 15 is 0 Å². The fourth-order valence-electron chi connectivity index (χ4n) is 3.42. The predicted octanol–water partition coefficient (Wildman–Crippen LogP) is 5.64. The van der Waals surface area contributed by atoms with E-state index in [0.717, 1.165) is 24.8 Å². The summed E-state index contributed by atoms with van der Waals surface area (Å²) in [7, 11) is 0. The highest BCUT2D eigenvalue weighted by Gasteiger charge is 2.31. The maximum Gasteiger partial charge on any atom is 0.338 e. The normalized spacial score (nSPS) is 22.9. The van der Waals surface area contributed by atoms with Crippen molar-refractivity contribution in [1.29, 1.82) is 0 Å². The van der Waals surface area contributed by atoms with Crippen LogP contribution in [-0.2, 0) is 14.3 Å². The number of carbonyl (C=O) groups is 2. The molecule has 28 heavy (non-hydrogen) atoms. The van der Waals surface area contributed by atoms with Gasteiger partial charge in [0.1, 0.15) is 12.2 Å². The van der Waals surface area contributed by atoms with Gasteiger partial charge in [-0.15, -0.1) is 0 Å². The molecule has 2 unspecified atom stereocenters. The molecule has 1 aromatic carbocycles. The van der Waals surface area contributed by atoms with Gasteiger partial charge in [0, 0.05) is 18.8 Å². The Balaban J connectivity index is 2.33. The van der Waals surface area contributed by atoms with E-state index in [1.54, 1.807) is 12.1 Å². The maximum absolute atomic E-state index is 12.6. The second-order valence-corrected chi connectivity index (χ2v) is 8.33. The summed E-state index contributed by atoms with van der Waals surface area (Å²) in [4.78, 5) is 24.3. The zero-order valence-corrected chi connectivity index (χ0v) is 17.7. The van der Waals surface area contributed by atoms with Gasteiger partial charge in [-0.1, -0.05) is 43.7 Å². The molecule has 4 heteroatoms. The van der Waals surface area contributed by atoms with Gasteiger partial charge in [-0.25, -0.2) is 4.79 Å². The topological polar surface area (TPSA) is 52.6 Å². The molecule has 2 rings (SSSR count). The van der Waals surface area contributed by atoms with Gasteiger partial charge in [-0.3, -0.25) is 4.79 Å². The third-order valence-electron chi connectivity index (χ3n) is 5.32. The molecular weight excluding hydrogens is 352 g/mol. The lowest BCUT2D eigenvalue weighted by Crippen LogP contribution is -2.33. The van der Waals surface area contributed by atoms with Crippen LogP contribution in [0.4, 0.5) is 0 Å². The van der Waals surface area contributed by atoms with Crippen LogP contribution in [0, 0.1) is 5.41 Å². The molecule has 0 radical (unpaired) electrons. The Morgan fingerprint density at radius 1 is 1.07 bits per heavy atom. The van der Waals surface area contributed by atoms with Gasteiger partial charge in [0.2, 0.25) is 0 Å². The summed E-state index contributed by atoms with van der Waals surface area (Å²) in [5, 5.41) is 0. The Labute approximate surface area is 168 Å². The molecule has 0 spiro atoms. The van der Waals surface area contributed by atoms with Gasteiger partial charge >= 0.3 is 11.9 Å². The fourth-order valence-corrected chi connectivity index (χ4v) is 3.42. The van der Waals surface area contributed by atoms with Crippen molar-refractivity contribution < 1.29 is 19.1 Å². The van der Waals surface area contributed by atoms with Crippen molar-refractivity contribution in [2.45, 2.75) is 72.5 Å². The van der Waals surface area contributed by atoms with Crippen molar-refractivity contribution in [1.82, 2.24) is 0 Å². The summed E-state index contributed by atoms with van der Waals surface area (Å²) in [6.45, 7) is 9.72. The highest BCUT2D eigenvalue weighted by molar-refractivity contribution is 5.89. The number of hydrogen-bond acceptors (Lipinski definition) is 4. The van der Waals surface area contributed by atoms with Crippen LogP contribution in [0.25, 0.3) is 0 Å². The highest BCUT2D eigenvalue weighted by atomic mass is 16.5. The second kappa shape index (κ2) is 9.72. The molecule has 1 aliphatic rings. The average Bonchev–Trinajstić information content (AvgIpc) is 2.65. The zero-order valence-electron chi connectivity index (χ0n) is 17.7. The van der Waals surface area contributed by atoms with Gasteiger partial charge < -0.3 is 9.47 Å². The van der Waals surface area contributed by atoms with E-state index < -0.39 is 6.10 Å². The number of benzene rings is 1. The van der Waals surface area contributed by atoms with Crippen LogP contribution < -0.4 is 0 Å². The van der Waals surface area contributed by atoms with Crippen LogP contribution in [0.3, 0.4) is 0 Å². The molecule has 0 aromatic heterocycles. The fraction of sp³-hybridized carbons (Fsp3) is 0.500. The molecule has 4 nitrogen and oxygen atoms in total. The number of esters is 2. The Kier molecular flexibility index (Phi) is 7.61. The lowest BCUT2D eigenvalue weighted by atomic mass is 9.80. The van der Waals surface area contributed by atoms with E-state index in [0.29, 0.717) is 12.0 Å². The standard InChI is InChI=1S/C24H32O4/c1-17-10-9-15-24(4,5)22(27-19(3)25)16-18(2)21(14-13-17)28-23(26)20-11-7-6-8-12-20/h6-8,11-13,16,21-22H,9-10,14-15H2,1-5H3. The first-order valence-electron chi connectivity index (χ1n) is 9.96. The molecule has 1 aromatic rings. The van der Waals surface area contributed by atoms with Gasteiger partial charge in [0.15, 0.2) is 0 Å². The summed E-state index contributed by atoms with van der Waals surface area (Å²) < 4.78 is 11.5. The van der Waals surface area contributed by atoms with Crippen LogP contribution in [0.2, 0.25) is 0 Å². The average molecular weight is 385 g/mol. The van der Waals surface area contributed by atoms with Crippen LogP contribution >= 0.6 is 0 Å². The van der Waals surface area contributed by atoms with Crippen LogP contribution in [0.5, 0.6) is 0 Å². The van der Waals surface area contributed by atoms with E-state index in [9.17, 15) is 9.59 Å². The number of rotatable bonds is 3.